The highest BCUT2D eigenvalue weighted by molar-refractivity contribution is 6.31. The molecular weight excluding hydrogens is 322 g/mol. The normalized spacial score (nSPS) is 21.7. The van der Waals surface area contributed by atoms with Gasteiger partial charge in [-0.2, -0.15) is 0 Å². The van der Waals surface area contributed by atoms with E-state index in [1.807, 2.05) is 0 Å². The number of carbonyl (C=O) groups is 1. The van der Waals surface area contributed by atoms with Crippen molar-refractivity contribution < 1.29 is 24.2 Å². The van der Waals surface area contributed by atoms with Crippen LogP contribution in [-0.4, -0.2) is 53.9 Å². The second-order valence-electron chi connectivity index (χ2n) is 5.69. The van der Waals surface area contributed by atoms with Crippen LogP contribution in [0.2, 0.25) is 5.02 Å². The van der Waals surface area contributed by atoms with Gasteiger partial charge < -0.3 is 24.3 Å². The zero-order valence-electron chi connectivity index (χ0n) is 12.7. The van der Waals surface area contributed by atoms with E-state index in [2.05, 4.69) is 0 Å². The van der Waals surface area contributed by atoms with Gasteiger partial charge in [0, 0.05) is 42.1 Å². The average molecular weight is 340 g/mol. The van der Waals surface area contributed by atoms with Crippen LogP contribution in [0.3, 0.4) is 0 Å². The molecule has 7 heteroatoms. The highest BCUT2D eigenvalue weighted by Crippen LogP contribution is 2.33. The van der Waals surface area contributed by atoms with Gasteiger partial charge in [0.15, 0.2) is 17.1 Å². The quantitative estimate of drug-likeness (QED) is 0.892. The Kier molecular flexibility index (Phi) is 4.48. The predicted octanol–water partition coefficient (Wildman–Crippen LogP) is 1.91. The van der Waals surface area contributed by atoms with Gasteiger partial charge in [-0.05, 0) is 18.6 Å². The number of nitrogens with zero attached hydrogens (tertiary/aromatic N) is 1. The number of aliphatic hydroxyl groups excluding tert-OH is 2. The van der Waals surface area contributed by atoms with Crippen molar-refractivity contribution in [3.05, 3.63) is 29.0 Å². The second-order valence-corrected chi connectivity index (χ2v) is 6.12. The molecule has 0 radical (unpaired) electrons. The number of piperidine rings is 1. The fourth-order valence-electron chi connectivity index (χ4n) is 2.88. The molecule has 1 fully saturated rings. The number of likely N-dealkylation sites (tertiary alicyclic amines) is 1. The van der Waals surface area contributed by atoms with Crippen molar-refractivity contribution in [2.75, 3.05) is 26.8 Å². The number of furan rings is 1. The third-order valence-corrected chi connectivity index (χ3v) is 4.44. The Hall–Kier alpha value is -1.76. The highest BCUT2D eigenvalue weighted by Gasteiger charge is 2.31. The summed E-state index contributed by atoms with van der Waals surface area (Å²) in [5, 5.41) is 20.3. The Balaban J connectivity index is 1.87. The number of benzene rings is 1. The second kappa shape index (κ2) is 6.39. The first kappa shape index (κ1) is 16.1. The lowest BCUT2D eigenvalue weighted by molar-refractivity contribution is -0.000152. The zero-order valence-corrected chi connectivity index (χ0v) is 13.4. The van der Waals surface area contributed by atoms with Crippen LogP contribution < -0.4 is 4.74 Å². The Bertz CT molecular complexity index is 729. The molecule has 0 bridgehead atoms. The van der Waals surface area contributed by atoms with Crippen molar-refractivity contribution in [3.8, 4) is 5.75 Å². The Morgan fingerprint density at radius 3 is 2.91 bits per heavy atom. The van der Waals surface area contributed by atoms with Crippen LogP contribution in [0.4, 0.5) is 0 Å². The third kappa shape index (κ3) is 3.02. The van der Waals surface area contributed by atoms with Crippen LogP contribution in [0.25, 0.3) is 11.0 Å². The van der Waals surface area contributed by atoms with Crippen molar-refractivity contribution in [2.24, 2.45) is 5.92 Å². The topological polar surface area (TPSA) is 83.1 Å². The van der Waals surface area contributed by atoms with Gasteiger partial charge in [0.05, 0.1) is 13.2 Å². The molecule has 1 aromatic carbocycles. The van der Waals surface area contributed by atoms with Crippen LogP contribution in [0.15, 0.2) is 22.6 Å². The molecule has 0 saturated carbocycles. The number of ether oxygens (including phenoxy) is 1. The largest absolute Gasteiger partial charge is 0.493 e. The number of fused-ring (bicyclic) bond motifs is 1. The van der Waals surface area contributed by atoms with Crippen molar-refractivity contribution in [2.45, 2.75) is 12.5 Å². The van der Waals surface area contributed by atoms with E-state index in [0.717, 1.165) is 0 Å². The standard InChI is InChI=1S/C16H18ClNO5/c1-22-13-6-11(17)4-10-5-14(23-15(10)13)16(21)18-3-2-9(8-19)12(20)7-18/h4-6,9,12,19-20H,2-3,7-8H2,1H3/t9-,12-/m0/s1. The van der Waals surface area contributed by atoms with Crippen LogP contribution in [0.1, 0.15) is 17.0 Å². The minimum atomic E-state index is -0.731. The first-order valence-electron chi connectivity index (χ1n) is 7.38. The van der Waals surface area contributed by atoms with Crippen LogP contribution >= 0.6 is 11.6 Å². The molecule has 1 aliphatic heterocycles. The van der Waals surface area contributed by atoms with Crippen LogP contribution in [-0.2, 0) is 0 Å². The lowest BCUT2D eigenvalue weighted by Crippen LogP contribution is -2.47. The van der Waals surface area contributed by atoms with Crippen LogP contribution in [0, 0.1) is 5.92 Å². The summed E-state index contributed by atoms with van der Waals surface area (Å²) in [5.74, 6) is 0.157. The molecule has 1 amide bonds. The number of amides is 1. The number of hydrogen-bond donors (Lipinski definition) is 2. The molecule has 2 aromatic rings. The fraction of sp³-hybridized carbons (Fsp3) is 0.438. The molecule has 1 saturated heterocycles. The van der Waals surface area contributed by atoms with E-state index in [1.165, 1.54) is 12.0 Å². The van der Waals surface area contributed by atoms with E-state index in [4.69, 9.17) is 20.8 Å². The van der Waals surface area contributed by atoms with E-state index in [9.17, 15) is 15.0 Å². The third-order valence-electron chi connectivity index (χ3n) is 4.22. The molecule has 1 aliphatic rings. The van der Waals surface area contributed by atoms with Gasteiger partial charge in [-0.15, -0.1) is 0 Å². The number of β-amino-alcohol motifs (C(OH)–C–C–N with tert-alkyl or cyclic N) is 1. The summed E-state index contributed by atoms with van der Waals surface area (Å²) < 4.78 is 10.9. The van der Waals surface area contributed by atoms with E-state index in [1.54, 1.807) is 18.2 Å². The molecule has 2 N–H and O–H groups in total. The van der Waals surface area contributed by atoms with E-state index < -0.39 is 6.10 Å². The molecule has 0 unspecified atom stereocenters. The molecule has 124 valence electrons. The minimum absolute atomic E-state index is 0.0798. The average Bonchev–Trinajstić information content (AvgIpc) is 2.96. The fourth-order valence-corrected chi connectivity index (χ4v) is 3.09. The molecule has 2 atom stereocenters. The number of aliphatic hydroxyl groups is 2. The van der Waals surface area contributed by atoms with Crippen molar-refractivity contribution in [3.63, 3.8) is 0 Å². The summed E-state index contributed by atoms with van der Waals surface area (Å²) in [6.45, 7) is 0.568. The summed E-state index contributed by atoms with van der Waals surface area (Å²) >= 11 is 6.02. The van der Waals surface area contributed by atoms with Gasteiger partial charge in [0.2, 0.25) is 0 Å². The summed E-state index contributed by atoms with van der Waals surface area (Å²) in [4.78, 5) is 14.1. The number of methoxy groups -OCH3 is 1. The molecule has 0 spiro atoms. The summed E-state index contributed by atoms with van der Waals surface area (Å²) in [5.41, 5.74) is 0.464. The number of hydrogen-bond acceptors (Lipinski definition) is 5. The lowest BCUT2D eigenvalue weighted by atomic mass is 9.94. The maximum atomic E-state index is 12.6. The maximum absolute atomic E-state index is 12.6. The molecule has 3 rings (SSSR count). The first-order valence-corrected chi connectivity index (χ1v) is 7.76. The summed E-state index contributed by atoms with van der Waals surface area (Å²) in [7, 11) is 1.51. The molecule has 2 heterocycles. The molecular formula is C16H18ClNO5. The Morgan fingerprint density at radius 2 is 2.26 bits per heavy atom. The number of halogens is 1. The van der Waals surface area contributed by atoms with Gasteiger partial charge in [-0.25, -0.2) is 0 Å². The van der Waals surface area contributed by atoms with E-state index in [0.29, 0.717) is 34.7 Å². The van der Waals surface area contributed by atoms with Gasteiger partial charge in [0.25, 0.3) is 5.91 Å². The summed E-state index contributed by atoms with van der Waals surface area (Å²) in [6.07, 6.45) is -0.176. The lowest BCUT2D eigenvalue weighted by Gasteiger charge is -2.34. The predicted molar refractivity (Wildman–Crippen MR) is 84.9 cm³/mol. The highest BCUT2D eigenvalue weighted by atomic mass is 35.5. The zero-order chi connectivity index (χ0) is 16.6. The van der Waals surface area contributed by atoms with Crippen LogP contribution in [0.5, 0.6) is 5.75 Å². The van der Waals surface area contributed by atoms with Gasteiger partial charge in [-0.3, -0.25) is 4.79 Å². The number of rotatable bonds is 3. The minimum Gasteiger partial charge on any atom is -0.493 e. The molecule has 6 nitrogen and oxygen atoms in total. The number of carbonyl (C=O) groups excluding carboxylic acids is 1. The smallest absolute Gasteiger partial charge is 0.289 e. The van der Waals surface area contributed by atoms with Gasteiger partial charge in [0.1, 0.15) is 0 Å². The van der Waals surface area contributed by atoms with E-state index >= 15 is 0 Å². The van der Waals surface area contributed by atoms with E-state index in [-0.39, 0.29) is 30.7 Å². The van der Waals surface area contributed by atoms with Crippen molar-refractivity contribution in [1.29, 1.82) is 0 Å². The Morgan fingerprint density at radius 1 is 1.48 bits per heavy atom. The first-order chi connectivity index (χ1) is 11.0. The van der Waals surface area contributed by atoms with Gasteiger partial charge >= 0.3 is 0 Å². The van der Waals surface area contributed by atoms with Crippen molar-refractivity contribution >= 4 is 28.5 Å². The summed E-state index contributed by atoms with van der Waals surface area (Å²) in [6, 6.07) is 4.95. The van der Waals surface area contributed by atoms with Crippen molar-refractivity contribution in [1.82, 2.24) is 4.90 Å². The molecule has 0 aliphatic carbocycles. The molecule has 23 heavy (non-hydrogen) atoms. The molecule has 1 aromatic heterocycles. The SMILES string of the molecule is COc1cc(Cl)cc2cc(C(=O)N3CC[C@@H](CO)[C@@H](O)C3)oc12. The van der Waals surface area contributed by atoms with Gasteiger partial charge in [-0.1, -0.05) is 11.6 Å². The monoisotopic (exact) mass is 339 g/mol. The maximum Gasteiger partial charge on any atom is 0.289 e. The Labute approximate surface area is 138 Å².